The molecular formula is C12H16N2O2. The molecule has 16 heavy (non-hydrogen) atoms. The van der Waals surface area contributed by atoms with Gasteiger partial charge in [0.2, 0.25) is 0 Å². The third-order valence-corrected chi connectivity index (χ3v) is 2.96. The van der Waals surface area contributed by atoms with Crippen molar-refractivity contribution < 1.29 is 9.90 Å². The first kappa shape index (κ1) is 11.1. The van der Waals surface area contributed by atoms with Crippen LogP contribution in [-0.4, -0.2) is 40.6 Å². The standard InChI is InChI=1S/C12H16N2O2/c15-12(16)7-11-8-14(9-11)6-3-10-1-4-13-5-2-10/h1-2,4-5,11H,3,6-9H2,(H,15,16). The Balaban J connectivity index is 1.65. The number of carbonyl (C=O) groups is 1. The number of likely N-dealkylation sites (tertiary alicyclic amines) is 1. The van der Waals surface area contributed by atoms with Crippen LogP contribution in [0, 0.1) is 5.92 Å². The van der Waals surface area contributed by atoms with E-state index in [0.29, 0.717) is 12.3 Å². The van der Waals surface area contributed by atoms with Gasteiger partial charge in [-0.3, -0.25) is 9.78 Å². The Labute approximate surface area is 94.9 Å². The van der Waals surface area contributed by atoms with E-state index in [4.69, 9.17) is 5.11 Å². The smallest absolute Gasteiger partial charge is 0.303 e. The fourth-order valence-corrected chi connectivity index (χ4v) is 2.07. The average molecular weight is 220 g/mol. The maximum atomic E-state index is 10.5. The van der Waals surface area contributed by atoms with Crippen LogP contribution < -0.4 is 0 Å². The van der Waals surface area contributed by atoms with Crippen LogP contribution in [-0.2, 0) is 11.2 Å². The number of pyridine rings is 1. The maximum Gasteiger partial charge on any atom is 0.303 e. The summed E-state index contributed by atoms with van der Waals surface area (Å²) in [5.41, 5.74) is 1.29. The van der Waals surface area contributed by atoms with Gasteiger partial charge in [-0.2, -0.15) is 0 Å². The Morgan fingerprint density at radius 2 is 2.12 bits per heavy atom. The minimum Gasteiger partial charge on any atom is -0.481 e. The zero-order valence-electron chi connectivity index (χ0n) is 9.17. The molecule has 1 aromatic rings. The molecule has 2 rings (SSSR count). The third kappa shape index (κ3) is 3.03. The topological polar surface area (TPSA) is 53.4 Å². The molecule has 0 saturated carbocycles. The Morgan fingerprint density at radius 3 is 2.75 bits per heavy atom. The predicted molar refractivity (Wildman–Crippen MR) is 60.1 cm³/mol. The van der Waals surface area contributed by atoms with Gasteiger partial charge in [0.15, 0.2) is 0 Å². The fourth-order valence-electron chi connectivity index (χ4n) is 2.07. The van der Waals surface area contributed by atoms with E-state index in [2.05, 4.69) is 9.88 Å². The van der Waals surface area contributed by atoms with Crippen molar-refractivity contribution in [1.29, 1.82) is 0 Å². The highest BCUT2D eigenvalue weighted by molar-refractivity contribution is 5.67. The van der Waals surface area contributed by atoms with Crippen LogP contribution in [0.3, 0.4) is 0 Å². The van der Waals surface area contributed by atoms with Crippen LogP contribution in [0.4, 0.5) is 0 Å². The molecule has 1 N–H and O–H groups in total. The molecule has 0 aliphatic carbocycles. The van der Waals surface area contributed by atoms with Crippen molar-refractivity contribution in [2.75, 3.05) is 19.6 Å². The maximum absolute atomic E-state index is 10.5. The van der Waals surface area contributed by atoms with Crippen molar-refractivity contribution in [2.45, 2.75) is 12.8 Å². The van der Waals surface area contributed by atoms with Crippen LogP contribution in [0.15, 0.2) is 24.5 Å². The average Bonchev–Trinajstić information content (AvgIpc) is 2.22. The van der Waals surface area contributed by atoms with E-state index >= 15 is 0 Å². The predicted octanol–water partition coefficient (Wildman–Crippen LogP) is 1.03. The highest BCUT2D eigenvalue weighted by atomic mass is 16.4. The summed E-state index contributed by atoms with van der Waals surface area (Å²) < 4.78 is 0. The molecule has 1 aliphatic rings. The van der Waals surface area contributed by atoms with E-state index in [-0.39, 0.29) is 0 Å². The lowest BCUT2D eigenvalue weighted by molar-refractivity contribution is -0.139. The van der Waals surface area contributed by atoms with Crippen molar-refractivity contribution >= 4 is 5.97 Å². The van der Waals surface area contributed by atoms with E-state index in [1.54, 1.807) is 12.4 Å². The molecule has 0 aromatic carbocycles. The number of rotatable bonds is 5. The summed E-state index contributed by atoms with van der Waals surface area (Å²) in [6, 6.07) is 4.04. The summed E-state index contributed by atoms with van der Waals surface area (Å²) in [5, 5.41) is 8.62. The molecule has 1 saturated heterocycles. The molecule has 0 unspecified atom stereocenters. The second-order valence-electron chi connectivity index (χ2n) is 4.33. The number of carboxylic acid groups (broad SMARTS) is 1. The van der Waals surface area contributed by atoms with Gasteiger partial charge in [-0.25, -0.2) is 0 Å². The van der Waals surface area contributed by atoms with Gasteiger partial charge in [-0.15, -0.1) is 0 Å². The van der Waals surface area contributed by atoms with Crippen molar-refractivity contribution in [3.8, 4) is 0 Å². The molecule has 0 spiro atoms. The Bertz CT molecular complexity index is 347. The molecule has 0 atom stereocenters. The summed E-state index contributed by atoms with van der Waals surface area (Å²) in [5.74, 6) is -0.325. The first-order chi connectivity index (χ1) is 7.74. The molecule has 2 heterocycles. The summed E-state index contributed by atoms with van der Waals surface area (Å²) in [6.45, 7) is 2.87. The van der Waals surface area contributed by atoms with E-state index in [0.717, 1.165) is 26.1 Å². The van der Waals surface area contributed by atoms with Crippen molar-refractivity contribution in [1.82, 2.24) is 9.88 Å². The second-order valence-corrected chi connectivity index (χ2v) is 4.33. The van der Waals surface area contributed by atoms with Gasteiger partial charge in [0.1, 0.15) is 0 Å². The molecule has 0 amide bonds. The Hall–Kier alpha value is -1.42. The first-order valence-corrected chi connectivity index (χ1v) is 5.57. The van der Waals surface area contributed by atoms with Crippen LogP contribution in [0.5, 0.6) is 0 Å². The van der Waals surface area contributed by atoms with Gasteiger partial charge in [0, 0.05) is 32.0 Å². The number of carboxylic acids is 1. The molecule has 1 aromatic heterocycles. The molecule has 0 bridgehead atoms. The van der Waals surface area contributed by atoms with Crippen LogP contribution in [0.25, 0.3) is 0 Å². The van der Waals surface area contributed by atoms with E-state index < -0.39 is 5.97 Å². The van der Waals surface area contributed by atoms with Crippen molar-refractivity contribution in [3.05, 3.63) is 30.1 Å². The van der Waals surface area contributed by atoms with E-state index in [1.165, 1.54) is 5.56 Å². The number of hydrogen-bond acceptors (Lipinski definition) is 3. The molecule has 86 valence electrons. The van der Waals surface area contributed by atoms with Gasteiger partial charge in [0.05, 0.1) is 6.42 Å². The van der Waals surface area contributed by atoms with Gasteiger partial charge in [0.25, 0.3) is 0 Å². The quantitative estimate of drug-likeness (QED) is 0.805. The van der Waals surface area contributed by atoms with Crippen molar-refractivity contribution in [2.24, 2.45) is 5.92 Å². The lowest BCUT2D eigenvalue weighted by Gasteiger charge is -2.38. The van der Waals surface area contributed by atoms with Crippen LogP contribution in [0.2, 0.25) is 0 Å². The van der Waals surface area contributed by atoms with E-state index in [9.17, 15) is 4.79 Å². The molecular weight excluding hydrogens is 204 g/mol. The number of aromatic nitrogens is 1. The van der Waals surface area contributed by atoms with Crippen LogP contribution >= 0.6 is 0 Å². The lowest BCUT2D eigenvalue weighted by atomic mass is 9.96. The molecule has 1 aliphatic heterocycles. The van der Waals surface area contributed by atoms with Gasteiger partial charge in [-0.1, -0.05) is 0 Å². The highest BCUT2D eigenvalue weighted by Gasteiger charge is 2.27. The number of hydrogen-bond donors (Lipinski definition) is 1. The zero-order chi connectivity index (χ0) is 11.4. The monoisotopic (exact) mass is 220 g/mol. The minimum absolute atomic E-state index is 0.311. The van der Waals surface area contributed by atoms with Gasteiger partial charge in [-0.05, 0) is 30.0 Å². The molecule has 0 radical (unpaired) electrons. The molecule has 4 heteroatoms. The third-order valence-electron chi connectivity index (χ3n) is 2.96. The number of nitrogens with zero attached hydrogens (tertiary/aromatic N) is 2. The summed E-state index contributed by atoms with van der Waals surface area (Å²) in [6.07, 6.45) is 4.94. The van der Waals surface area contributed by atoms with Gasteiger partial charge >= 0.3 is 5.97 Å². The molecule has 1 fully saturated rings. The summed E-state index contributed by atoms with van der Waals surface area (Å²) in [4.78, 5) is 16.7. The lowest BCUT2D eigenvalue weighted by Crippen LogP contribution is -2.48. The second kappa shape index (κ2) is 5.07. The summed E-state index contributed by atoms with van der Waals surface area (Å²) in [7, 11) is 0. The minimum atomic E-state index is -0.682. The van der Waals surface area contributed by atoms with E-state index in [1.807, 2.05) is 12.1 Å². The normalized spacial score (nSPS) is 17.0. The largest absolute Gasteiger partial charge is 0.481 e. The SMILES string of the molecule is O=C(O)CC1CN(CCc2ccncc2)C1. The zero-order valence-corrected chi connectivity index (χ0v) is 9.17. The van der Waals surface area contributed by atoms with Crippen molar-refractivity contribution in [3.63, 3.8) is 0 Å². The van der Waals surface area contributed by atoms with Crippen LogP contribution in [0.1, 0.15) is 12.0 Å². The summed E-state index contributed by atoms with van der Waals surface area (Å²) >= 11 is 0. The Morgan fingerprint density at radius 1 is 1.44 bits per heavy atom. The number of aliphatic carboxylic acids is 1. The van der Waals surface area contributed by atoms with Gasteiger partial charge < -0.3 is 10.0 Å². The fraction of sp³-hybridized carbons (Fsp3) is 0.500. The Kier molecular flexibility index (Phi) is 3.51. The first-order valence-electron chi connectivity index (χ1n) is 5.57. The highest BCUT2D eigenvalue weighted by Crippen LogP contribution is 2.19. The molecule has 4 nitrogen and oxygen atoms in total.